The molecule has 122 valence electrons. The van der Waals surface area contributed by atoms with Gasteiger partial charge in [0.05, 0.1) is 7.11 Å². The lowest BCUT2D eigenvalue weighted by Gasteiger charge is -2.08. The van der Waals surface area contributed by atoms with E-state index in [1.807, 2.05) is 54.2 Å². The molecule has 0 aliphatic carbocycles. The van der Waals surface area contributed by atoms with Gasteiger partial charge in [0, 0.05) is 24.6 Å². The summed E-state index contributed by atoms with van der Waals surface area (Å²) in [4.78, 5) is 11.7. The number of amides is 2. The van der Waals surface area contributed by atoms with Gasteiger partial charge in [-0.15, -0.1) is 0 Å². The zero-order chi connectivity index (χ0) is 16.3. The second-order valence-corrected chi connectivity index (χ2v) is 6.10. The van der Waals surface area contributed by atoms with Gasteiger partial charge in [-0.05, 0) is 23.3 Å². The van der Waals surface area contributed by atoms with E-state index < -0.39 is 0 Å². The molecule has 0 atom stereocenters. The Labute approximate surface area is 141 Å². The van der Waals surface area contributed by atoms with Crippen molar-refractivity contribution in [2.24, 2.45) is 0 Å². The van der Waals surface area contributed by atoms with Crippen molar-refractivity contribution in [1.29, 1.82) is 0 Å². The second kappa shape index (κ2) is 9.79. The first-order chi connectivity index (χ1) is 11.3. The van der Waals surface area contributed by atoms with Crippen LogP contribution in [0.3, 0.4) is 0 Å². The number of urea groups is 1. The number of thioether (sulfide) groups is 1. The molecule has 0 spiro atoms. The molecule has 0 unspecified atom stereocenters. The van der Waals surface area contributed by atoms with Crippen LogP contribution in [0.4, 0.5) is 4.79 Å². The molecule has 2 N–H and O–H groups in total. The average molecular weight is 330 g/mol. The molecule has 2 aromatic rings. The molecular formula is C18H22N2O2S. The van der Waals surface area contributed by atoms with Gasteiger partial charge in [-0.25, -0.2) is 4.79 Å². The maximum atomic E-state index is 11.7. The third-order valence-electron chi connectivity index (χ3n) is 3.26. The molecule has 5 heteroatoms. The molecule has 0 bridgehead atoms. The molecule has 0 saturated heterocycles. The fraction of sp³-hybridized carbons (Fsp3) is 0.278. The molecule has 0 radical (unpaired) electrons. The van der Waals surface area contributed by atoms with E-state index in [2.05, 4.69) is 22.8 Å². The summed E-state index contributed by atoms with van der Waals surface area (Å²) < 4.78 is 5.10. The summed E-state index contributed by atoms with van der Waals surface area (Å²) in [5, 5.41) is 5.71. The average Bonchev–Trinajstić information content (AvgIpc) is 2.61. The standard InChI is InChI=1S/C18H22N2O2S/c1-22-17-9-7-15(8-10-17)13-20-18(21)19-11-12-23-14-16-5-3-2-4-6-16/h2-10H,11-14H2,1H3,(H2,19,20,21). The fourth-order valence-corrected chi connectivity index (χ4v) is 2.81. The third-order valence-corrected chi connectivity index (χ3v) is 4.29. The van der Waals surface area contributed by atoms with Crippen LogP contribution in [-0.2, 0) is 12.3 Å². The molecule has 0 aliphatic rings. The number of hydrogen-bond donors (Lipinski definition) is 2. The zero-order valence-corrected chi connectivity index (χ0v) is 14.1. The van der Waals surface area contributed by atoms with Crippen molar-refractivity contribution in [3.8, 4) is 5.75 Å². The first-order valence-corrected chi connectivity index (χ1v) is 8.69. The number of benzene rings is 2. The van der Waals surface area contributed by atoms with Crippen LogP contribution >= 0.6 is 11.8 Å². The first kappa shape index (κ1) is 17.2. The van der Waals surface area contributed by atoms with Crippen molar-refractivity contribution < 1.29 is 9.53 Å². The molecular weight excluding hydrogens is 308 g/mol. The highest BCUT2D eigenvalue weighted by molar-refractivity contribution is 7.98. The van der Waals surface area contributed by atoms with Gasteiger partial charge < -0.3 is 15.4 Å². The van der Waals surface area contributed by atoms with E-state index in [-0.39, 0.29) is 6.03 Å². The van der Waals surface area contributed by atoms with Crippen LogP contribution < -0.4 is 15.4 Å². The topological polar surface area (TPSA) is 50.4 Å². The lowest BCUT2D eigenvalue weighted by Crippen LogP contribution is -2.36. The molecule has 0 fully saturated rings. The minimum atomic E-state index is -0.138. The molecule has 0 heterocycles. The largest absolute Gasteiger partial charge is 0.497 e. The minimum absolute atomic E-state index is 0.138. The Balaban J connectivity index is 1.56. The van der Waals surface area contributed by atoms with Gasteiger partial charge in [0.15, 0.2) is 0 Å². The highest BCUT2D eigenvalue weighted by Gasteiger charge is 2.00. The molecule has 23 heavy (non-hydrogen) atoms. The van der Waals surface area contributed by atoms with Crippen molar-refractivity contribution in [2.45, 2.75) is 12.3 Å². The molecule has 0 saturated carbocycles. The lowest BCUT2D eigenvalue weighted by molar-refractivity contribution is 0.241. The summed E-state index contributed by atoms with van der Waals surface area (Å²) in [6, 6.07) is 17.8. The summed E-state index contributed by atoms with van der Waals surface area (Å²) >= 11 is 1.81. The van der Waals surface area contributed by atoms with E-state index in [0.717, 1.165) is 22.8 Å². The van der Waals surface area contributed by atoms with Gasteiger partial charge in [0.2, 0.25) is 0 Å². The van der Waals surface area contributed by atoms with Crippen molar-refractivity contribution in [3.63, 3.8) is 0 Å². The van der Waals surface area contributed by atoms with E-state index in [1.165, 1.54) is 5.56 Å². The van der Waals surface area contributed by atoms with Crippen molar-refractivity contribution >= 4 is 17.8 Å². The third kappa shape index (κ3) is 6.65. The van der Waals surface area contributed by atoms with Crippen molar-refractivity contribution in [2.75, 3.05) is 19.4 Å². The Bertz CT molecular complexity index is 588. The maximum absolute atomic E-state index is 11.7. The predicted molar refractivity (Wildman–Crippen MR) is 95.8 cm³/mol. The van der Waals surface area contributed by atoms with E-state index in [1.54, 1.807) is 7.11 Å². The van der Waals surface area contributed by atoms with Gasteiger partial charge >= 0.3 is 6.03 Å². The Morgan fingerprint density at radius 1 is 1.00 bits per heavy atom. The predicted octanol–water partition coefficient (Wildman–Crippen LogP) is 3.43. The lowest BCUT2D eigenvalue weighted by atomic mass is 10.2. The number of methoxy groups -OCH3 is 1. The fourth-order valence-electron chi connectivity index (χ4n) is 1.99. The summed E-state index contributed by atoms with van der Waals surface area (Å²) in [7, 11) is 1.64. The number of hydrogen-bond acceptors (Lipinski definition) is 3. The number of carbonyl (C=O) groups excluding carboxylic acids is 1. The second-order valence-electron chi connectivity index (χ2n) is 5.00. The summed E-state index contributed by atoms with van der Waals surface area (Å²) in [6.45, 7) is 1.17. The summed E-state index contributed by atoms with van der Waals surface area (Å²) in [5.41, 5.74) is 2.35. The smallest absolute Gasteiger partial charge is 0.315 e. The van der Waals surface area contributed by atoms with Gasteiger partial charge in [-0.1, -0.05) is 42.5 Å². The van der Waals surface area contributed by atoms with Crippen LogP contribution in [0.2, 0.25) is 0 Å². The Morgan fingerprint density at radius 3 is 2.43 bits per heavy atom. The number of nitrogens with one attached hydrogen (secondary N) is 2. The maximum Gasteiger partial charge on any atom is 0.315 e. The van der Waals surface area contributed by atoms with Crippen LogP contribution in [0.15, 0.2) is 54.6 Å². The molecule has 0 aliphatic heterocycles. The van der Waals surface area contributed by atoms with Crippen LogP contribution in [0.1, 0.15) is 11.1 Å². The van der Waals surface area contributed by atoms with E-state index >= 15 is 0 Å². The van der Waals surface area contributed by atoms with Gasteiger partial charge in [0.25, 0.3) is 0 Å². The van der Waals surface area contributed by atoms with Crippen LogP contribution in [-0.4, -0.2) is 25.4 Å². The highest BCUT2D eigenvalue weighted by atomic mass is 32.2. The normalized spacial score (nSPS) is 10.1. The van der Waals surface area contributed by atoms with Gasteiger partial charge in [-0.2, -0.15) is 11.8 Å². The minimum Gasteiger partial charge on any atom is -0.497 e. The molecule has 0 aromatic heterocycles. The number of rotatable bonds is 8. The summed E-state index contributed by atoms with van der Waals surface area (Å²) in [6.07, 6.45) is 0. The van der Waals surface area contributed by atoms with E-state index in [9.17, 15) is 4.79 Å². The number of ether oxygens (including phenoxy) is 1. The van der Waals surface area contributed by atoms with Crippen molar-refractivity contribution in [3.05, 3.63) is 65.7 Å². The van der Waals surface area contributed by atoms with Gasteiger partial charge in [0.1, 0.15) is 5.75 Å². The first-order valence-electron chi connectivity index (χ1n) is 7.54. The molecule has 2 aromatic carbocycles. The number of carbonyl (C=O) groups is 1. The highest BCUT2D eigenvalue weighted by Crippen LogP contribution is 2.11. The van der Waals surface area contributed by atoms with Crippen LogP contribution in [0.5, 0.6) is 5.75 Å². The SMILES string of the molecule is COc1ccc(CNC(=O)NCCSCc2ccccc2)cc1. The molecule has 2 amide bonds. The zero-order valence-electron chi connectivity index (χ0n) is 13.2. The monoisotopic (exact) mass is 330 g/mol. The Morgan fingerprint density at radius 2 is 1.74 bits per heavy atom. The van der Waals surface area contributed by atoms with E-state index in [4.69, 9.17) is 4.74 Å². The Kier molecular flexibility index (Phi) is 7.33. The quantitative estimate of drug-likeness (QED) is 0.729. The van der Waals surface area contributed by atoms with Crippen LogP contribution in [0.25, 0.3) is 0 Å². The Hall–Kier alpha value is -2.14. The van der Waals surface area contributed by atoms with E-state index in [0.29, 0.717) is 13.1 Å². The van der Waals surface area contributed by atoms with Crippen LogP contribution in [0, 0.1) is 0 Å². The summed E-state index contributed by atoms with van der Waals surface area (Å²) in [5.74, 6) is 2.68. The molecule has 4 nitrogen and oxygen atoms in total. The van der Waals surface area contributed by atoms with Crippen molar-refractivity contribution in [1.82, 2.24) is 10.6 Å². The van der Waals surface area contributed by atoms with Gasteiger partial charge in [-0.3, -0.25) is 0 Å². The molecule has 2 rings (SSSR count).